The summed E-state index contributed by atoms with van der Waals surface area (Å²) in [4.78, 5) is 37.0. The van der Waals surface area contributed by atoms with Gasteiger partial charge in [-0.2, -0.15) is 5.10 Å². The van der Waals surface area contributed by atoms with Crippen LogP contribution in [0.25, 0.3) is 0 Å². The number of ether oxygens (including phenoxy) is 2. The topological polar surface area (TPSA) is 112 Å². The Kier molecular flexibility index (Phi) is 6.66. The normalized spacial score (nSPS) is 10.3. The average Bonchev–Trinajstić information content (AvgIpc) is 2.76. The van der Waals surface area contributed by atoms with E-state index in [-0.39, 0.29) is 12.2 Å². The summed E-state index contributed by atoms with van der Waals surface area (Å²) in [7, 11) is 3.00. The predicted octanol–water partition coefficient (Wildman–Crippen LogP) is 2.46. The number of nitrogens with zero attached hydrogens (tertiary/aromatic N) is 2. The van der Waals surface area contributed by atoms with Gasteiger partial charge in [-0.3, -0.25) is 14.4 Å². The highest BCUT2D eigenvalue weighted by Gasteiger charge is 2.13. The van der Waals surface area contributed by atoms with E-state index in [1.165, 1.54) is 26.4 Å². The van der Waals surface area contributed by atoms with E-state index in [9.17, 15) is 14.4 Å². The number of nitrogens with one attached hydrogen (secondary N) is 2. The standard InChI is InChI=1S/C22H22N4O5/c1-14-4-6-15(7-5-14)24-22(29)17-9-11-21(28)26(25-17)13-20(27)23-16-8-10-18(30-2)19(12-16)31-3/h4-12H,13H2,1-3H3,(H,23,27)(H,24,29). The van der Waals surface area contributed by atoms with Gasteiger partial charge in [-0.15, -0.1) is 0 Å². The zero-order valence-electron chi connectivity index (χ0n) is 17.3. The van der Waals surface area contributed by atoms with E-state index in [2.05, 4.69) is 15.7 Å². The molecule has 0 unspecified atom stereocenters. The van der Waals surface area contributed by atoms with Gasteiger partial charge in [0.2, 0.25) is 5.91 Å². The molecule has 2 amide bonds. The van der Waals surface area contributed by atoms with Gasteiger partial charge in [-0.05, 0) is 37.3 Å². The highest BCUT2D eigenvalue weighted by Crippen LogP contribution is 2.29. The Bertz CT molecular complexity index is 1160. The molecule has 1 heterocycles. The predicted molar refractivity (Wildman–Crippen MR) is 116 cm³/mol. The van der Waals surface area contributed by atoms with Crippen LogP contribution >= 0.6 is 0 Å². The van der Waals surface area contributed by atoms with Crippen LogP contribution in [0.1, 0.15) is 16.1 Å². The summed E-state index contributed by atoms with van der Waals surface area (Å²) >= 11 is 0. The monoisotopic (exact) mass is 422 g/mol. The molecule has 0 aliphatic carbocycles. The van der Waals surface area contributed by atoms with Gasteiger partial charge in [-0.1, -0.05) is 17.7 Å². The number of benzene rings is 2. The smallest absolute Gasteiger partial charge is 0.276 e. The number of aromatic nitrogens is 2. The third-order valence-corrected chi connectivity index (χ3v) is 4.37. The molecule has 3 rings (SSSR count). The second-order valence-electron chi connectivity index (χ2n) is 6.65. The van der Waals surface area contributed by atoms with Gasteiger partial charge in [0.25, 0.3) is 11.5 Å². The summed E-state index contributed by atoms with van der Waals surface area (Å²) in [5, 5.41) is 9.38. The molecule has 0 saturated carbocycles. The minimum atomic E-state index is -0.505. The van der Waals surface area contributed by atoms with E-state index in [4.69, 9.17) is 9.47 Å². The Morgan fingerprint density at radius 3 is 2.26 bits per heavy atom. The summed E-state index contributed by atoms with van der Waals surface area (Å²) in [5.74, 6) is -0.00754. The third-order valence-electron chi connectivity index (χ3n) is 4.37. The molecule has 0 aliphatic heterocycles. The molecule has 0 aliphatic rings. The van der Waals surface area contributed by atoms with Crippen molar-refractivity contribution in [3.8, 4) is 11.5 Å². The van der Waals surface area contributed by atoms with Crippen molar-refractivity contribution < 1.29 is 19.1 Å². The van der Waals surface area contributed by atoms with Crippen molar-refractivity contribution in [1.82, 2.24) is 9.78 Å². The molecule has 0 saturated heterocycles. The maximum Gasteiger partial charge on any atom is 0.276 e. The lowest BCUT2D eigenvalue weighted by Crippen LogP contribution is -2.31. The van der Waals surface area contributed by atoms with E-state index in [0.29, 0.717) is 22.9 Å². The van der Waals surface area contributed by atoms with Crippen molar-refractivity contribution in [3.63, 3.8) is 0 Å². The van der Waals surface area contributed by atoms with Crippen LogP contribution < -0.4 is 25.7 Å². The number of aryl methyl sites for hydroxylation is 1. The first kappa shape index (κ1) is 21.6. The van der Waals surface area contributed by atoms with Crippen LogP contribution in [-0.2, 0) is 11.3 Å². The van der Waals surface area contributed by atoms with Gasteiger partial charge in [0.05, 0.1) is 14.2 Å². The Labute approximate surface area is 178 Å². The lowest BCUT2D eigenvalue weighted by atomic mass is 10.2. The zero-order chi connectivity index (χ0) is 22.4. The number of hydrogen-bond donors (Lipinski definition) is 2. The number of carbonyl (C=O) groups is 2. The van der Waals surface area contributed by atoms with Crippen LogP contribution in [0.15, 0.2) is 59.4 Å². The molecule has 0 radical (unpaired) electrons. The number of rotatable bonds is 7. The van der Waals surface area contributed by atoms with Gasteiger partial charge >= 0.3 is 0 Å². The molecule has 3 aromatic rings. The van der Waals surface area contributed by atoms with Crippen LogP contribution in [0.2, 0.25) is 0 Å². The van der Waals surface area contributed by atoms with Crippen LogP contribution in [0.4, 0.5) is 11.4 Å². The lowest BCUT2D eigenvalue weighted by molar-refractivity contribution is -0.117. The molecular weight excluding hydrogens is 400 g/mol. The third kappa shape index (κ3) is 5.47. The van der Waals surface area contributed by atoms with Gasteiger partial charge in [0, 0.05) is 23.5 Å². The minimum absolute atomic E-state index is 0.0130. The van der Waals surface area contributed by atoms with Crippen molar-refractivity contribution in [2.45, 2.75) is 13.5 Å². The van der Waals surface area contributed by atoms with Crippen molar-refractivity contribution in [1.29, 1.82) is 0 Å². The Morgan fingerprint density at radius 2 is 1.58 bits per heavy atom. The SMILES string of the molecule is COc1ccc(NC(=O)Cn2nc(C(=O)Nc3ccc(C)cc3)ccc2=O)cc1OC. The van der Waals surface area contributed by atoms with Crippen LogP contribution in [0, 0.1) is 6.92 Å². The highest BCUT2D eigenvalue weighted by molar-refractivity contribution is 6.02. The molecule has 0 bridgehead atoms. The van der Waals surface area contributed by atoms with E-state index >= 15 is 0 Å². The average molecular weight is 422 g/mol. The largest absolute Gasteiger partial charge is 0.493 e. The second-order valence-corrected chi connectivity index (χ2v) is 6.65. The Balaban J connectivity index is 1.71. The van der Waals surface area contributed by atoms with Crippen molar-refractivity contribution in [2.75, 3.05) is 24.9 Å². The van der Waals surface area contributed by atoms with Crippen LogP contribution in [0.5, 0.6) is 11.5 Å². The summed E-state index contributed by atoms with van der Waals surface area (Å²) in [6.07, 6.45) is 0. The molecule has 2 aromatic carbocycles. The van der Waals surface area contributed by atoms with Gasteiger partial charge < -0.3 is 20.1 Å². The number of anilines is 2. The number of methoxy groups -OCH3 is 2. The lowest BCUT2D eigenvalue weighted by Gasteiger charge is -2.11. The molecule has 0 fully saturated rings. The summed E-state index contributed by atoms with van der Waals surface area (Å²) in [5.41, 5.74) is 1.63. The number of hydrogen-bond acceptors (Lipinski definition) is 6. The minimum Gasteiger partial charge on any atom is -0.493 e. The van der Waals surface area contributed by atoms with Crippen LogP contribution in [0.3, 0.4) is 0 Å². The van der Waals surface area contributed by atoms with Crippen molar-refractivity contribution in [3.05, 3.63) is 76.2 Å². The molecule has 2 N–H and O–H groups in total. The fraction of sp³-hybridized carbons (Fsp3) is 0.182. The van der Waals surface area contributed by atoms with E-state index in [1.54, 1.807) is 30.3 Å². The Hall–Kier alpha value is -4.14. The fourth-order valence-corrected chi connectivity index (χ4v) is 2.77. The Morgan fingerprint density at radius 1 is 0.903 bits per heavy atom. The molecule has 9 nitrogen and oxygen atoms in total. The number of amides is 2. The maximum absolute atomic E-state index is 12.5. The molecule has 160 valence electrons. The molecule has 9 heteroatoms. The van der Waals surface area contributed by atoms with Gasteiger partial charge in [0.1, 0.15) is 12.2 Å². The number of carbonyl (C=O) groups excluding carboxylic acids is 2. The quantitative estimate of drug-likeness (QED) is 0.605. The molecule has 1 aromatic heterocycles. The summed E-state index contributed by atoms with van der Waals surface area (Å²) in [6, 6.07) is 14.6. The van der Waals surface area contributed by atoms with Crippen LogP contribution in [-0.4, -0.2) is 35.8 Å². The zero-order valence-corrected chi connectivity index (χ0v) is 17.3. The van der Waals surface area contributed by atoms with Crippen molar-refractivity contribution >= 4 is 23.2 Å². The summed E-state index contributed by atoms with van der Waals surface area (Å²) in [6.45, 7) is 1.58. The maximum atomic E-state index is 12.5. The van der Waals surface area contributed by atoms with E-state index < -0.39 is 17.4 Å². The van der Waals surface area contributed by atoms with Gasteiger partial charge in [0.15, 0.2) is 11.5 Å². The first-order valence-corrected chi connectivity index (χ1v) is 9.37. The molecule has 0 atom stereocenters. The van der Waals surface area contributed by atoms with E-state index in [1.807, 2.05) is 19.1 Å². The first-order chi connectivity index (χ1) is 14.9. The van der Waals surface area contributed by atoms with Crippen molar-refractivity contribution in [2.24, 2.45) is 0 Å². The molecular formula is C22H22N4O5. The fourth-order valence-electron chi connectivity index (χ4n) is 2.77. The van der Waals surface area contributed by atoms with Gasteiger partial charge in [-0.25, -0.2) is 4.68 Å². The molecule has 31 heavy (non-hydrogen) atoms. The first-order valence-electron chi connectivity index (χ1n) is 9.37. The van der Waals surface area contributed by atoms with E-state index in [0.717, 1.165) is 10.2 Å². The summed E-state index contributed by atoms with van der Waals surface area (Å²) < 4.78 is 11.3. The second kappa shape index (κ2) is 9.57. The molecule has 0 spiro atoms. The highest BCUT2D eigenvalue weighted by atomic mass is 16.5.